The first-order valence-electron chi connectivity index (χ1n) is 9.75. The van der Waals surface area contributed by atoms with E-state index in [1.165, 1.54) is 12.1 Å². The fourth-order valence-electron chi connectivity index (χ4n) is 5.11. The van der Waals surface area contributed by atoms with Crippen molar-refractivity contribution in [1.29, 1.82) is 0 Å². The van der Waals surface area contributed by atoms with E-state index in [4.69, 9.17) is 9.84 Å². The van der Waals surface area contributed by atoms with Crippen molar-refractivity contribution < 1.29 is 9.84 Å². The molecule has 2 fully saturated rings. The molecule has 5 nitrogen and oxygen atoms in total. The van der Waals surface area contributed by atoms with Crippen molar-refractivity contribution >= 4 is 0 Å². The predicted molar refractivity (Wildman–Crippen MR) is 96.7 cm³/mol. The molecule has 0 aromatic carbocycles. The van der Waals surface area contributed by atoms with Crippen LogP contribution in [0.4, 0.5) is 0 Å². The smallest absolute Gasteiger partial charge is 0.150 e. The Morgan fingerprint density at radius 3 is 2.84 bits per heavy atom. The van der Waals surface area contributed by atoms with Crippen molar-refractivity contribution in [3.63, 3.8) is 0 Å². The minimum atomic E-state index is 0.0727. The van der Waals surface area contributed by atoms with E-state index in [-0.39, 0.29) is 30.2 Å². The van der Waals surface area contributed by atoms with E-state index < -0.39 is 0 Å². The predicted octanol–water partition coefficient (Wildman–Crippen LogP) is 3.50. The monoisotopic (exact) mass is 345 g/mol. The number of hydrogen-bond donors (Lipinski definition) is 1. The van der Waals surface area contributed by atoms with Crippen molar-refractivity contribution in [2.24, 2.45) is 17.3 Å². The number of rotatable bonds is 3. The van der Waals surface area contributed by atoms with E-state index >= 15 is 0 Å². The number of aromatic nitrogens is 2. The second kappa shape index (κ2) is 6.44. The molecule has 1 aromatic heterocycles. The summed E-state index contributed by atoms with van der Waals surface area (Å²) >= 11 is 0. The molecule has 4 heterocycles. The highest BCUT2D eigenvalue weighted by Gasteiger charge is 2.51. The zero-order chi connectivity index (χ0) is 17.6. The van der Waals surface area contributed by atoms with E-state index in [1.807, 2.05) is 4.68 Å². The zero-order valence-electron chi connectivity index (χ0n) is 15.7. The standard InChI is InChI=1S/C20H31N3O2/c1-20(2,3)18-14(13-24)19(22-10-6-7-16(18)22)15-9-11-23(21-15)17-8-4-5-12-25-17/h7,9,11,14,17-19,24H,4-6,8,10,12-13H2,1-3H3/t14-,17?,18?,19+/m1/s1. The van der Waals surface area contributed by atoms with Gasteiger partial charge in [0.1, 0.15) is 6.23 Å². The van der Waals surface area contributed by atoms with Crippen LogP contribution >= 0.6 is 0 Å². The Balaban J connectivity index is 1.65. The van der Waals surface area contributed by atoms with Gasteiger partial charge >= 0.3 is 0 Å². The Bertz CT molecular complexity index is 640. The summed E-state index contributed by atoms with van der Waals surface area (Å²) in [6, 6.07) is 2.31. The van der Waals surface area contributed by atoms with Crippen LogP contribution in [0.3, 0.4) is 0 Å². The molecule has 2 unspecified atom stereocenters. The molecule has 0 saturated carbocycles. The molecule has 5 heteroatoms. The number of nitrogens with zero attached hydrogens (tertiary/aromatic N) is 3. The van der Waals surface area contributed by atoms with Crippen molar-refractivity contribution in [1.82, 2.24) is 14.7 Å². The van der Waals surface area contributed by atoms with Gasteiger partial charge in [0, 0.05) is 43.5 Å². The summed E-state index contributed by atoms with van der Waals surface area (Å²) < 4.78 is 7.87. The summed E-state index contributed by atoms with van der Waals surface area (Å²) in [5, 5.41) is 15.1. The van der Waals surface area contributed by atoms with Crippen LogP contribution in [0.25, 0.3) is 0 Å². The number of fused-ring (bicyclic) bond motifs is 1. The second-order valence-electron chi connectivity index (χ2n) is 8.79. The highest BCUT2D eigenvalue weighted by Crippen LogP contribution is 2.54. The number of hydrogen-bond acceptors (Lipinski definition) is 4. The van der Waals surface area contributed by atoms with Gasteiger partial charge in [-0.3, -0.25) is 0 Å². The van der Waals surface area contributed by atoms with Gasteiger partial charge in [-0.15, -0.1) is 0 Å². The van der Waals surface area contributed by atoms with Crippen molar-refractivity contribution in [2.75, 3.05) is 19.8 Å². The van der Waals surface area contributed by atoms with Gasteiger partial charge in [0.05, 0.1) is 11.7 Å². The minimum Gasteiger partial charge on any atom is -0.396 e. The highest BCUT2D eigenvalue weighted by atomic mass is 16.5. The molecule has 4 rings (SSSR count). The fourth-order valence-corrected chi connectivity index (χ4v) is 5.11. The molecular formula is C20H31N3O2. The van der Waals surface area contributed by atoms with Crippen molar-refractivity contribution in [2.45, 2.75) is 58.7 Å². The average molecular weight is 345 g/mol. The summed E-state index contributed by atoms with van der Waals surface area (Å²) in [6.07, 6.45) is 8.99. The largest absolute Gasteiger partial charge is 0.396 e. The van der Waals surface area contributed by atoms with E-state index in [0.29, 0.717) is 5.92 Å². The van der Waals surface area contributed by atoms with Crippen LogP contribution < -0.4 is 0 Å². The lowest BCUT2D eigenvalue weighted by Crippen LogP contribution is -2.30. The maximum atomic E-state index is 10.2. The molecule has 2 saturated heterocycles. The molecule has 0 radical (unpaired) electrons. The third-order valence-corrected chi connectivity index (χ3v) is 6.07. The van der Waals surface area contributed by atoms with E-state index in [2.05, 4.69) is 44.0 Å². The van der Waals surface area contributed by atoms with E-state index in [1.54, 1.807) is 0 Å². The Kier molecular flexibility index (Phi) is 4.40. The maximum Gasteiger partial charge on any atom is 0.150 e. The first-order valence-corrected chi connectivity index (χ1v) is 9.75. The lowest BCUT2D eigenvalue weighted by atomic mass is 9.71. The van der Waals surface area contributed by atoms with Crippen LogP contribution in [0.5, 0.6) is 0 Å². The number of aliphatic hydroxyl groups excluding tert-OH is 1. The molecule has 4 atom stereocenters. The molecule has 3 aliphatic heterocycles. The summed E-state index contributed by atoms with van der Waals surface area (Å²) in [6.45, 7) is 8.92. The van der Waals surface area contributed by atoms with E-state index in [9.17, 15) is 5.11 Å². The molecule has 0 amide bonds. The number of ether oxygens (including phenoxy) is 1. The number of aliphatic hydroxyl groups is 1. The molecule has 1 N–H and O–H groups in total. The van der Waals surface area contributed by atoms with Gasteiger partial charge in [-0.1, -0.05) is 26.8 Å². The lowest BCUT2D eigenvalue weighted by molar-refractivity contribution is -0.0399. The van der Waals surface area contributed by atoms with Crippen LogP contribution in [0.15, 0.2) is 24.0 Å². The minimum absolute atomic E-state index is 0.0727. The SMILES string of the molecule is CC(C)(C)C1C2=CCCN2[C@H](c2ccn(C3CCCCO3)n2)[C@@H]1CO. The normalized spacial score (nSPS) is 32.8. The summed E-state index contributed by atoms with van der Waals surface area (Å²) in [5.74, 6) is 0.572. The average Bonchev–Trinajstić information content (AvgIpc) is 3.28. The van der Waals surface area contributed by atoms with Crippen LogP contribution in [-0.4, -0.2) is 39.5 Å². The summed E-state index contributed by atoms with van der Waals surface area (Å²) in [4.78, 5) is 2.49. The number of allylic oxidation sites excluding steroid dienone is 1. The first-order chi connectivity index (χ1) is 12.0. The Hall–Kier alpha value is -1.33. The quantitative estimate of drug-likeness (QED) is 0.911. The van der Waals surface area contributed by atoms with Crippen molar-refractivity contribution in [3.8, 4) is 0 Å². The third kappa shape index (κ3) is 2.91. The molecule has 0 spiro atoms. The van der Waals surface area contributed by atoms with Crippen LogP contribution in [0.2, 0.25) is 0 Å². The van der Waals surface area contributed by atoms with Gasteiger partial charge in [-0.2, -0.15) is 5.10 Å². The Labute approximate surface area is 150 Å². The van der Waals surface area contributed by atoms with Gasteiger partial charge in [0.2, 0.25) is 0 Å². The van der Waals surface area contributed by atoms with Crippen LogP contribution in [0, 0.1) is 17.3 Å². The first kappa shape index (κ1) is 17.1. The molecule has 25 heavy (non-hydrogen) atoms. The van der Waals surface area contributed by atoms with Gasteiger partial charge in [-0.05, 0) is 37.2 Å². The molecule has 1 aromatic rings. The van der Waals surface area contributed by atoms with Gasteiger partial charge in [0.25, 0.3) is 0 Å². The molecule has 0 bridgehead atoms. The van der Waals surface area contributed by atoms with E-state index in [0.717, 1.165) is 38.1 Å². The summed E-state index contributed by atoms with van der Waals surface area (Å²) in [5.41, 5.74) is 2.62. The van der Waals surface area contributed by atoms with Gasteiger partial charge in [0.15, 0.2) is 0 Å². The molecular weight excluding hydrogens is 314 g/mol. The summed E-state index contributed by atoms with van der Waals surface area (Å²) in [7, 11) is 0. The fraction of sp³-hybridized carbons (Fsp3) is 0.750. The topological polar surface area (TPSA) is 50.5 Å². The molecule has 0 aliphatic carbocycles. The zero-order valence-corrected chi connectivity index (χ0v) is 15.7. The highest BCUT2D eigenvalue weighted by molar-refractivity contribution is 5.27. The lowest BCUT2D eigenvalue weighted by Gasteiger charge is -2.32. The Morgan fingerprint density at radius 1 is 1.32 bits per heavy atom. The van der Waals surface area contributed by atoms with Crippen LogP contribution in [0.1, 0.15) is 64.4 Å². The van der Waals surface area contributed by atoms with Crippen molar-refractivity contribution in [3.05, 3.63) is 29.7 Å². The van der Waals surface area contributed by atoms with Crippen LogP contribution in [-0.2, 0) is 4.74 Å². The van der Waals surface area contributed by atoms with Gasteiger partial charge in [-0.25, -0.2) is 4.68 Å². The third-order valence-electron chi connectivity index (χ3n) is 6.07. The Morgan fingerprint density at radius 2 is 2.16 bits per heavy atom. The van der Waals surface area contributed by atoms with Gasteiger partial charge < -0.3 is 14.7 Å². The molecule has 138 valence electrons. The maximum absolute atomic E-state index is 10.2. The molecule has 3 aliphatic rings. The second-order valence-corrected chi connectivity index (χ2v) is 8.79.